The molecule has 0 bridgehead atoms. The molecule has 0 aliphatic carbocycles. The fourth-order valence-electron chi connectivity index (χ4n) is 1.17. The van der Waals surface area contributed by atoms with Gasteiger partial charge in [-0.3, -0.25) is 4.57 Å². The molecule has 2 N–H and O–H groups in total. The van der Waals surface area contributed by atoms with Crippen molar-refractivity contribution < 1.29 is 23.8 Å². The highest BCUT2D eigenvalue weighted by molar-refractivity contribution is 7.55. The van der Waals surface area contributed by atoms with Gasteiger partial charge >= 0.3 is 7.60 Å². The molecule has 1 rings (SSSR count). The van der Waals surface area contributed by atoms with Gasteiger partial charge in [0, 0.05) is 17.4 Å². The van der Waals surface area contributed by atoms with Crippen LogP contribution in [0.25, 0.3) is 5.03 Å². The van der Waals surface area contributed by atoms with E-state index in [9.17, 15) is 4.57 Å². The summed E-state index contributed by atoms with van der Waals surface area (Å²) in [5, 5.41) is -0.0597. The van der Waals surface area contributed by atoms with Gasteiger partial charge in [-0.25, -0.2) is 0 Å². The summed E-state index contributed by atoms with van der Waals surface area (Å²) < 4.78 is 20.8. The van der Waals surface area contributed by atoms with E-state index in [-0.39, 0.29) is 5.03 Å². The maximum absolute atomic E-state index is 10.8. The van der Waals surface area contributed by atoms with Crippen molar-refractivity contribution in [1.82, 2.24) is 0 Å². The van der Waals surface area contributed by atoms with Gasteiger partial charge in [0.1, 0.15) is 11.5 Å². The first-order valence-electron chi connectivity index (χ1n) is 4.53. The van der Waals surface area contributed by atoms with Crippen LogP contribution in [-0.4, -0.2) is 24.0 Å². The van der Waals surface area contributed by atoms with Gasteiger partial charge in [-0.1, -0.05) is 11.6 Å². The predicted molar refractivity (Wildman–Crippen MR) is 65.4 cm³/mol. The normalized spacial score (nSPS) is 12.4. The Morgan fingerprint density at radius 2 is 1.71 bits per heavy atom. The average Bonchev–Trinajstić information content (AvgIpc) is 2.26. The zero-order valence-electron chi connectivity index (χ0n) is 9.25. The molecule has 1 aromatic carbocycles. The van der Waals surface area contributed by atoms with Crippen LogP contribution in [0.1, 0.15) is 5.56 Å². The minimum atomic E-state index is -4.31. The van der Waals surface area contributed by atoms with Crippen molar-refractivity contribution in [2.75, 3.05) is 14.2 Å². The molecule has 0 fully saturated rings. The zero-order chi connectivity index (χ0) is 13.1. The number of methoxy groups -OCH3 is 2. The third kappa shape index (κ3) is 4.40. The second kappa shape index (κ2) is 5.56. The molecule has 0 saturated carbocycles. The second-order valence-electron chi connectivity index (χ2n) is 3.17. The molecule has 0 aliphatic rings. The van der Waals surface area contributed by atoms with Gasteiger partial charge in [-0.05, 0) is 12.1 Å². The standard InChI is InChI=1S/C10H12ClO5P/c1-15-8-3-7(4-9(5-8)16-2)10(11)6-17(12,13)14/h3-6H,1-2H3,(H2,12,13,14)/b10-6-. The molecule has 5 nitrogen and oxygen atoms in total. The molecule has 0 aromatic heterocycles. The van der Waals surface area contributed by atoms with Crippen LogP contribution in [0.3, 0.4) is 0 Å². The Morgan fingerprint density at radius 3 is 2.06 bits per heavy atom. The summed E-state index contributed by atoms with van der Waals surface area (Å²) in [5.41, 5.74) is 0.409. The van der Waals surface area contributed by atoms with Gasteiger partial charge < -0.3 is 19.3 Å². The molecule has 0 heterocycles. The maximum Gasteiger partial charge on any atom is 0.350 e. The number of hydrogen-bond acceptors (Lipinski definition) is 3. The van der Waals surface area contributed by atoms with Crippen molar-refractivity contribution >= 4 is 24.2 Å². The number of benzene rings is 1. The lowest BCUT2D eigenvalue weighted by molar-refractivity contribution is 0.386. The van der Waals surface area contributed by atoms with E-state index in [1.807, 2.05) is 0 Å². The summed E-state index contributed by atoms with van der Waals surface area (Å²) in [4.78, 5) is 17.6. The zero-order valence-corrected chi connectivity index (χ0v) is 10.9. The van der Waals surface area contributed by atoms with Crippen LogP contribution in [-0.2, 0) is 4.57 Å². The van der Waals surface area contributed by atoms with Gasteiger partial charge in [0.15, 0.2) is 0 Å². The Labute approximate surface area is 104 Å². The third-order valence-electron chi connectivity index (χ3n) is 1.91. The van der Waals surface area contributed by atoms with Crippen LogP contribution < -0.4 is 9.47 Å². The van der Waals surface area contributed by atoms with E-state index >= 15 is 0 Å². The summed E-state index contributed by atoms with van der Waals surface area (Å²) in [6, 6.07) is 4.74. The molecule has 0 saturated heterocycles. The van der Waals surface area contributed by atoms with Crippen molar-refractivity contribution in [3.63, 3.8) is 0 Å². The third-order valence-corrected chi connectivity index (χ3v) is 2.98. The quantitative estimate of drug-likeness (QED) is 0.827. The molecule has 94 valence electrons. The Morgan fingerprint density at radius 1 is 1.24 bits per heavy atom. The monoisotopic (exact) mass is 278 g/mol. The summed E-state index contributed by atoms with van der Waals surface area (Å²) >= 11 is 5.81. The molecule has 0 aliphatic heterocycles. The first-order valence-corrected chi connectivity index (χ1v) is 6.58. The Balaban J connectivity index is 3.22. The van der Waals surface area contributed by atoms with Crippen molar-refractivity contribution in [3.05, 3.63) is 29.6 Å². The number of halogens is 1. The second-order valence-corrected chi connectivity index (χ2v) is 5.01. The van der Waals surface area contributed by atoms with Crippen LogP contribution in [0.15, 0.2) is 24.0 Å². The van der Waals surface area contributed by atoms with Crippen molar-refractivity contribution in [2.45, 2.75) is 0 Å². The summed E-state index contributed by atoms with van der Waals surface area (Å²) in [5.74, 6) is 1.65. The van der Waals surface area contributed by atoms with Gasteiger partial charge in [0.25, 0.3) is 0 Å². The fourth-order valence-corrected chi connectivity index (χ4v) is 2.10. The van der Waals surface area contributed by atoms with E-state index < -0.39 is 7.60 Å². The lowest BCUT2D eigenvalue weighted by Gasteiger charge is -2.08. The van der Waals surface area contributed by atoms with E-state index in [1.54, 1.807) is 18.2 Å². The molecule has 0 spiro atoms. The van der Waals surface area contributed by atoms with Crippen LogP contribution >= 0.6 is 19.2 Å². The van der Waals surface area contributed by atoms with E-state index in [2.05, 4.69) is 0 Å². The van der Waals surface area contributed by atoms with Gasteiger partial charge in [-0.15, -0.1) is 0 Å². The lowest BCUT2D eigenvalue weighted by Crippen LogP contribution is -1.89. The minimum absolute atomic E-state index is 0.0597. The largest absolute Gasteiger partial charge is 0.497 e. The van der Waals surface area contributed by atoms with Crippen molar-refractivity contribution in [2.24, 2.45) is 0 Å². The lowest BCUT2D eigenvalue weighted by atomic mass is 10.2. The molecule has 0 unspecified atom stereocenters. The predicted octanol–water partition coefficient (Wildman–Crippen LogP) is 2.42. The van der Waals surface area contributed by atoms with E-state index in [0.29, 0.717) is 22.9 Å². The van der Waals surface area contributed by atoms with Crippen molar-refractivity contribution in [1.29, 1.82) is 0 Å². The Hall–Kier alpha value is -1.00. The molecule has 0 amide bonds. The summed E-state index contributed by atoms with van der Waals surface area (Å²) in [7, 11) is -1.37. The maximum atomic E-state index is 10.8. The SMILES string of the molecule is COc1cc(OC)cc(/C(Cl)=C/P(=O)(O)O)c1. The smallest absolute Gasteiger partial charge is 0.350 e. The number of rotatable bonds is 4. The number of ether oxygens (including phenoxy) is 2. The highest BCUT2D eigenvalue weighted by atomic mass is 35.5. The first-order chi connectivity index (χ1) is 7.85. The topological polar surface area (TPSA) is 76.0 Å². The van der Waals surface area contributed by atoms with Crippen LogP contribution in [0.2, 0.25) is 0 Å². The summed E-state index contributed by atoms with van der Waals surface area (Å²) in [6.07, 6.45) is 0. The van der Waals surface area contributed by atoms with E-state index in [1.165, 1.54) is 14.2 Å². The molecule has 0 radical (unpaired) electrons. The fraction of sp³-hybridized carbons (Fsp3) is 0.200. The van der Waals surface area contributed by atoms with Crippen LogP contribution in [0.4, 0.5) is 0 Å². The average molecular weight is 279 g/mol. The Bertz CT molecular complexity index is 457. The summed E-state index contributed by atoms with van der Waals surface area (Å²) in [6.45, 7) is 0. The molecule has 17 heavy (non-hydrogen) atoms. The Kier molecular flexibility index (Phi) is 4.60. The van der Waals surface area contributed by atoms with Gasteiger partial charge in [-0.2, -0.15) is 0 Å². The van der Waals surface area contributed by atoms with Crippen molar-refractivity contribution in [3.8, 4) is 11.5 Å². The minimum Gasteiger partial charge on any atom is -0.497 e. The highest BCUT2D eigenvalue weighted by Crippen LogP contribution is 2.41. The molecular weight excluding hydrogens is 267 g/mol. The molecule has 7 heteroatoms. The molecule has 0 atom stereocenters. The van der Waals surface area contributed by atoms with E-state index in [4.69, 9.17) is 30.9 Å². The highest BCUT2D eigenvalue weighted by Gasteiger charge is 2.12. The molecule has 1 aromatic rings. The van der Waals surface area contributed by atoms with Gasteiger partial charge in [0.2, 0.25) is 0 Å². The molecular formula is C10H12ClO5P. The van der Waals surface area contributed by atoms with Gasteiger partial charge in [0.05, 0.1) is 19.3 Å². The first kappa shape index (κ1) is 14.1. The number of hydrogen-bond donors (Lipinski definition) is 2. The van der Waals surface area contributed by atoms with Crippen LogP contribution in [0, 0.1) is 0 Å². The van der Waals surface area contributed by atoms with Crippen LogP contribution in [0.5, 0.6) is 11.5 Å². The van der Waals surface area contributed by atoms with E-state index in [0.717, 1.165) is 0 Å².